The Balaban J connectivity index is 4.89. The van der Waals surface area contributed by atoms with E-state index in [9.17, 15) is 13.2 Å². The minimum atomic E-state index is -3.58. The molecule has 0 saturated heterocycles. The van der Waals surface area contributed by atoms with Crippen LogP contribution in [0.3, 0.4) is 0 Å². The third-order valence-corrected chi connectivity index (χ3v) is 5.25. The SMILES string of the molecule is CCCCN(C(C)CC)S(=O)(=O)N(C)CCC(=O)O. The van der Waals surface area contributed by atoms with Crippen LogP contribution in [0.25, 0.3) is 0 Å². The van der Waals surface area contributed by atoms with Gasteiger partial charge in [0.2, 0.25) is 0 Å². The lowest BCUT2D eigenvalue weighted by atomic mass is 10.2. The van der Waals surface area contributed by atoms with Gasteiger partial charge < -0.3 is 5.11 Å². The summed E-state index contributed by atoms with van der Waals surface area (Å²) in [5.41, 5.74) is 0. The summed E-state index contributed by atoms with van der Waals surface area (Å²) in [5, 5.41) is 8.63. The molecule has 0 aromatic rings. The van der Waals surface area contributed by atoms with E-state index in [0.29, 0.717) is 6.54 Å². The van der Waals surface area contributed by atoms with Gasteiger partial charge in [-0.05, 0) is 19.8 Å². The third kappa shape index (κ3) is 5.88. The minimum Gasteiger partial charge on any atom is -0.481 e. The lowest BCUT2D eigenvalue weighted by molar-refractivity contribution is -0.137. The van der Waals surface area contributed by atoms with Gasteiger partial charge in [-0.1, -0.05) is 20.3 Å². The molecule has 1 unspecified atom stereocenters. The molecule has 0 saturated carbocycles. The van der Waals surface area contributed by atoms with Crippen molar-refractivity contribution in [3.05, 3.63) is 0 Å². The van der Waals surface area contributed by atoms with Crippen LogP contribution in [0.5, 0.6) is 0 Å². The molecule has 0 aromatic heterocycles. The van der Waals surface area contributed by atoms with Gasteiger partial charge in [0.15, 0.2) is 0 Å². The predicted molar refractivity (Wildman–Crippen MR) is 75.2 cm³/mol. The summed E-state index contributed by atoms with van der Waals surface area (Å²) in [4.78, 5) is 10.5. The number of nitrogens with zero attached hydrogens (tertiary/aromatic N) is 2. The van der Waals surface area contributed by atoms with Crippen LogP contribution >= 0.6 is 0 Å². The molecule has 0 rings (SSSR count). The quantitative estimate of drug-likeness (QED) is 0.663. The summed E-state index contributed by atoms with van der Waals surface area (Å²) in [6, 6.07) is -0.0798. The molecule has 1 N–H and O–H groups in total. The first-order valence-electron chi connectivity index (χ1n) is 6.72. The first-order chi connectivity index (χ1) is 8.77. The fraction of sp³-hybridized carbons (Fsp3) is 0.917. The van der Waals surface area contributed by atoms with Crippen molar-refractivity contribution < 1.29 is 18.3 Å². The van der Waals surface area contributed by atoms with Gasteiger partial charge in [0, 0.05) is 26.2 Å². The molecule has 0 amide bonds. The molecule has 0 aliphatic heterocycles. The number of hydrogen-bond donors (Lipinski definition) is 1. The van der Waals surface area contributed by atoms with Crippen molar-refractivity contribution in [2.24, 2.45) is 0 Å². The van der Waals surface area contributed by atoms with E-state index in [1.54, 1.807) is 0 Å². The zero-order valence-electron chi connectivity index (χ0n) is 12.3. The van der Waals surface area contributed by atoms with E-state index >= 15 is 0 Å². The van der Waals surface area contributed by atoms with E-state index in [2.05, 4.69) is 0 Å². The maximum Gasteiger partial charge on any atom is 0.304 e. The van der Waals surface area contributed by atoms with Crippen LogP contribution in [-0.4, -0.2) is 54.3 Å². The standard InChI is InChI=1S/C12H26N2O4S/c1-5-7-9-14(11(3)6-2)19(17,18)13(4)10-8-12(15)16/h11H,5-10H2,1-4H3,(H,15,16). The highest BCUT2D eigenvalue weighted by Crippen LogP contribution is 2.15. The molecule has 114 valence electrons. The maximum absolute atomic E-state index is 12.4. The average Bonchev–Trinajstić information content (AvgIpc) is 2.35. The van der Waals surface area contributed by atoms with Gasteiger partial charge in [0.25, 0.3) is 10.2 Å². The highest BCUT2D eigenvalue weighted by molar-refractivity contribution is 7.86. The fourth-order valence-electron chi connectivity index (χ4n) is 1.63. The van der Waals surface area contributed by atoms with Gasteiger partial charge in [-0.15, -0.1) is 0 Å². The highest BCUT2D eigenvalue weighted by Gasteiger charge is 2.29. The molecule has 0 spiro atoms. The number of hydrogen-bond acceptors (Lipinski definition) is 3. The van der Waals surface area contributed by atoms with E-state index in [1.165, 1.54) is 11.4 Å². The predicted octanol–water partition coefficient (Wildman–Crippen LogP) is 1.54. The summed E-state index contributed by atoms with van der Waals surface area (Å²) < 4.78 is 27.4. The molecule has 1 atom stereocenters. The Morgan fingerprint density at radius 3 is 2.26 bits per heavy atom. The normalized spacial score (nSPS) is 14.0. The highest BCUT2D eigenvalue weighted by atomic mass is 32.2. The van der Waals surface area contributed by atoms with E-state index in [1.807, 2.05) is 20.8 Å². The molecule has 0 bridgehead atoms. The van der Waals surface area contributed by atoms with Gasteiger partial charge in [-0.3, -0.25) is 4.79 Å². The summed E-state index contributed by atoms with van der Waals surface area (Å²) in [7, 11) is -2.15. The van der Waals surface area contributed by atoms with E-state index in [4.69, 9.17) is 5.11 Å². The molecule has 0 heterocycles. The Kier molecular flexibility index (Phi) is 8.20. The third-order valence-electron chi connectivity index (χ3n) is 3.15. The molecule has 0 aliphatic carbocycles. The second-order valence-electron chi connectivity index (χ2n) is 4.69. The second-order valence-corrected chi connectivity index (χ2v) is 6.68. The largest absolute Gasteiger partial charge is 0.481 e. The van der Waals surface area contributed by atoms with Gasteiger partial charge >= 0.3 is 5.97 Å². The first-order valence-corrected chi connectivity index (χ1v) is 8.11. The monoisotopic (exact) mass is 294 g/mol. The first kappa shape index (κ1) is 18.3. The zero-order chi connectivity index (χ0) is 15.1. The van der Waals surface area contributed by atoms with Crippen LogP contribution in [0.15, 0.2) is 0 Å². The molecule has 0 fully saturated rings. The lowest BCUT2D eigenvalue weighted by Gasteiger charge is -2.31. The van der Waals surface area contributed by atoms with E-state index < -0.39 is 16.2 Å². The van der Waals surface area contributed by atoms with Crippen LogP contribution < -0.4 is 0 Å². The molecular formula is C12H26N2O4S. The molecule has 7 heteroatoms. The molecule has 6 nitrogen and oxygen atoms in total. The summed E-state index contributed by atoms with van der Waals surface area (Å²) in [6.07, 6.45) is 2.27. The number of carboxylic acid groups (broad SMARTS) is 1. The van der Waals surface area contributed by atoms with Crippen LogP contribution in [0, 0.1) is 0 Å². The van der Waals surface area contributed by atoms with Crippen molar-refractivity contribution in [2.75, 3.05) is 20.1 Å². The number of unbranched alkanes of at least 4 members (excludes halogenated alkanes) is 1. The van der Waals surface area contributed by atoms with Crippen molar-refractivity contribution in [1.29, 1.82) is 0 Å². The minimum absolute atomic E-state index is 0.00325. The van der Waals surface area contributed by atoms with E-state index in [0.717, 1.165) is 23.6 Å². The molecule has 19 heavy (non-hydrogen) atoms. The molecule has 0 aliphatic rings. The molecule has 0 radical (unpaired) electrons. The van der Waals surface area contributed by atoms with Crippen LogP contribution in [0.4, 0.5) is 0 Å². The van der Waals surface area contributed by atoms with E-state index in [-0.39, 0.29) is 19.0 Å². The number of carboxylic acids is 1. The van der Waals surface area contributed by atoms with Crippen LogP contribution in [-0.2, 0) is 15.0 Å². The molecular weight excluding hydrogens is 268 g/mol. The lowest BCUT2D eigenvalue weighted by Crippen LogP contribution is -2.47. The number of aliphatic carboxylic acids is 1. The zero-order valence-corrected chi connectivity index (χ0v) is 13.1. The second kappa shape index (κ2) is 8.50. The summed E-state index contributed by atoms with van der Waals surface area (Å²) in [5.74, 6) is -0.995. The van der Waals surface area contributed by atoms with Gasteiger partial charge in [0.1, 0.15) is 0 Å². The Hall–Kier alpha value is -0.660. The number of rotatable bonds is 10. The smallest absolute Gasteiger partial charge is 0.304 e. The summed E-state index contributed by atoms with van der Waals surface area (Å²) >= 11 is 0. The van der Waals surface area contributed by atoms with Crippen molar-refractivity contribution in [1.82, 2.24) is 8.61 Å². The van der Waals surface area contributed by atoms with Crippen molar-refractivity contribution in [3.63, 3.8) is 0 Å². The Bertz CT molecular complexity index is 370. The Morgan fingerprint density at radius 2 is 1.84 bits per heavy atom. The topological polar surface area (TPSA) is 77.9 Å². The van der Waals surface area contributed by atoms with Crippen molar-refractivity contribution in [3.8, 4) is 0 Å². The van der Waals surface area contributed by atoms with Gasteiger partial charge in [0.05, 0.1) is 6.42 Å². The van der Waals surface area contributed by atoms with Crippen LogP contribution in [0.1, 0.15) is 46.5 Å². The van der Waals surface area contributed by atoms with Crippen molar-refractivity contribution >= 4 is 16.2 Å². The van der Waals surface area contributed by atoms with Gasteiger partial charge in [-0.2, -0.15) is 17.0 Å². The Morgan fingerprint density at radius 1 is 1.26 bits per heavy atom. The van der Waals surface area contributed by atoms with Crippen LogP contribution in [0.2, 0.25) is 0 Å². The van der Waals surface area contributed by atoms with Gasteiger partial charge in [-0.25, -0.2) is 0 Å². The average molecular weight is 294 g/mol. The fourth-order valence-corrected chi connectivity index (χ4v) is 3.27. The Labute approximate surface area is 116 Å². The molecule has 0 aromatic carbocycles. The number of carbonyl (C=O) groups is 1. The maximum atomic E-state index is 12.4. The van der Waals surface area contributed by atoms with Crippen molar-refractivity contribution in [2.45, 2.75) is 52.5 Å². The summed E-state index contributed by atoms with van der Waals surface area (Å²) in [6.45, 7) is 6.30.